The van der Waals surface area contributed by atoms with Crippen LogP contribution in [0.2, 0.25) is 0 Å². The van der Waals surface area contributed by atoms with E-state index in [0.29, 0.717) is 12.1 Å². The fraction of sp³-hybridized carbons (Fsp3) is 0.308. The smallest absolute Gasteiger partial charge is 0.255 e. The molecule has 0 atom stereocenters. The van der Waals surface area contributed by atoms with E-state index in [9.17, 15) is 4.79 Å². The molecule has 0 aromatic carbocycles. The molecule has 33 heavy (non-hydrogen) atoms. The van der Waals surface area contributed by atoms with Crippen LogP contribution in [-0.4, -0.2) is 51.6 Å². The summed E-state index contributed by atoms with van der Waals surface area (Å²) in [6, 6.07) is 0. The van der Waals surface area contributed by atoms with E-state index in [-0.39, 0.29) is 7.33 Å². The molecule has 2 aromatic rings. The Kier molecular flexibility index (Phi) is 6.98. The van der Waals surface area contributed by atoms with Crippen molar-refractivity contribution in [3.05, 3.63) is 72.1 Å². The van der Waals surface area contributed by atoms with Gasteiger partial charge in [0.15, 0.2) is 0 Å². The molecular weight excluding hydrogens is 412 g/mol. The third-order valence-corrected chi connectivity index (χ3v) is 5.95. The van der Waals surface area contributed by atoms with Crippen molar-refractivity contribution in [3.63, 3.8) is 0 Å². The zero-order chi connectivity index (χ0) is 23.2. The number of amides is 1. The maximum absolute atomic E-state index is 13.2. The Hall–Kier alpha value is -3.74. The number of piperidine rings is 1. The van der Waals surface area contributed by atoms with Crippen LogP contribution in [0, 0.1) is 0 Å². The number of aromatic nitrogens is 3. The largest absolute Gasteiger partial charge is 0.361 e. The number of allylic oxidation sites excluding steroid dienone is 5. The number of carbonyl (C=O) groups excluding carboxylic acids is 1. The lowest BCUT2D eigenvalue weighted by Gasteiger charge is -2.28. The maximum Gasteiger partial charge on any atom is 0.255 e. The first-order valence-electron chi connectivity index (χ1n) is 11.5. The molecule has 0 spiro atoms. The molecule has 2 aliphatic heterocycles. The topological polar surface area (TPSA) is 86.3 Å². The summed E-state index contributed by atoms with van der Waals surface area (Å²) in [4.78, 5) is 31.7. The van der Waals surface area contributed by atoms with Crippen LogP contribution in [0.15, 0.2) is 65.9 Å². The van der Waals surface area contributed by atoms with Crippen molar-refractivity contribution in [1.82, 2.24) is 25.2 Å². The summed E-state index contributed by atoms with van der Waals surface area (Å²) < 4.78 is 0. The van der Waals surface area contributed by atoms with Gasteiger partial charge in [0.2, 0.25) is 0 Å². The van der Waals surface area contributed by atoms with Crippen molar-refractivity contribution >= 4 is 34.3 Å². The molecule has 2 N–H and O–H groups in total. The summed E-state index contributed by atoms with van der Waals surface area (Å²) in [5.41, 5.74) is 5.76. The van der Waals surface area contributed by atoms with Gasteiger partial charge in [0, 0.05) is 50.8 Å². The lowest BCUT2D eigenvalue weighted by Crippen LogP contribution is -2.37. The quantitative estimate of drug-likeness (QED) is 0.502. The molecule has 0 unspecified atom stereocenters. The van der Waals surface area contributed by atoms with Gasteiger partial charge in [-0.3, -0.25) is 9.79 Å². The lowest BCUT2D eigenvalue weighted by atomic mass is 9.98. The number of hydrogen-bond acceptors (Lipinski definition) is 5. The van der Waals surface area contributed by atoms with E-state index in [4.69, 9.17) is 0 Å². The summed E-state index contributed by atoms with van der Waals surface area (Å²) in [5.74, 6) is 0.0213. The van der Waals surface area contributed by atoms with E-state index >= 15 is 0 Å². The van der Waals surface area contributed by atoms with Crippen LogP contribution < -0.4 is 5.32 Å². The highest BCUT2D eigenvalue weighted by atomic mass is 16.2. The van der Waals surface area contributed by atoms with E-state index in [0.717, 1.165) is 65.1 Å². The maximum atomic E-state index is 13.2. The molecule has 1 fully saturated rings. The molecule has 2 aliphatic rings. The molecule has 1 amide bonds. The molecule has 0 bridgehead atoms. The monoisotopic (exact) mass is 444 g/mol. The predicted octanol–water partition coefficient (Wildman–Crippen LogP) is 4.65. The molecule has 4 heterocycles. The number of likely N-dealkylation sites (tertiary alicyclic amines) is 1. The van der Waals surface area contributed by atoms with Crippen molar-refractivity contribution in [2.75, 3.05) is 19.6 Å². The Morgan fingerprint density at radius 2 is 2.12 bits per heavy atom. The summed E-state index contributed by atoms with van der Waals surface area (Å²) in [6.07, 6.45) is 18.1. The number of rotatable bonds is 6. The SMILES string of the molecule is C=C/C(C(=O)N1CCCCC1)=C1/C=C(c2c[nH]c3ncnc(/C(C=NCC)=C/C)c23)C=CN1.[HH]. The normalized spacial score (nSPS) is 18.4. The molecule has 0 radical (unpaired) electrons. The zero-order valence-electron chi connectivity index (χ0n) is 19.3. The fourth-order valence-electron chi connectivity index (χ4n) is 4.24. The first-order valence-corrected chi connectivity index (χ1v) is 11.5. The first kappa shape index (κ1) is 22.5. The lowest BCUT2D eigenvalue weighted by molar-refractivity contribution is -0.127. The molecule has 0 aliphatic carbocycles. The Balaban J connectivity index is 0.00000324. The first-order chi connectivity index (χ1) is 16.2. The van der Waals surface area contributed by atoms with Crippen molar-refractivity contribution in [1.29, 1.82) is 0 Å². The minimum absolute atomic E-state index is 0. The van der Waals surface area contributed by atoms with Crippen molar-refractivity contribution < 1.29 is 6.22 Å². The van der Waals surface area contributed by atoms with E-state index in [1.807, 2.05) is 55.6 Å². The average molecular weight is 445 g/mol. The van der Waals surface area contributed by atoms with Crippen molar-refractivity contribution in [3.8, 4) is 0 Å². The van der Waals surface area contributed by atoms with E-state index in [1.165, 1.54) is 6.42 Å². The number of hydrogen-bond donors (Lipinski definition) is 2. The van der Waals surface area contributed by atoms with Gasteiger partial charge < -0.3 is 15.2 Å². The minimum atomic E-state index is 0. The number of aliphatic imine (C=N–C) groups is 1. The van der Waals surface area contributed by atoms with Gasteiger partial charge in [-0.05, 0) is 50.8 Å². The number of fused-ring (bicyclic) bond motifs is 1. The Bertz CT molecular complexity index is 1210. The number of nitrogens with zero attached hydrogens (tertiary/aromatic N) is 4. The molecule has 0 saturated carbocycles. The summed E-state index contributed by atoms with van der Waals surface area (Å²) in [6.45, 7) is 10.2. The molecule has 172 valence electrons. The predicted molar refractivity (Wildman–Crippen MR) is 137 cm³/mol. The second-order valence-corrected chi connectivity index (χ2v) is 7.98. The van der Waals surface area contributed by atoms with Crippen LogP contribution >= 0.6 is 0 Å². The highest BCUT2D eigenvalue weighted by molar-refractivity contribution is 6.15. The summed E-state index contributed by atoms with van der Waals surface area (Å²) in [5, 5.41) is 4.16. The number of carbonyl (C=O) groups is 1. The minimum Gasteiger partial charge on any atom is -0.361 e. The number of aromatic amines is 1. The number of dihydropyridines is 1. The molecular formula is C26H32N6O. The second-order valence-electron chi connectivity index (χ2n) is 7.98. The van der Waals surface area contributed by atoms with Crippen LogP contribution in [0.4, 0.5) is 0 Å². The van der Waals surface area contributed by atoms with Gasteiger partial charge in [-0.15, -0.1) is 0 Å². The van der Waals surface area contributed by atoms with Crippen LogP contribution in [0.25, 0.3) is 22.2 Å². The van der Waals surface area contributed by atoms with E-state index < -0.39 is 0 Å². The van der Waals surface area contributed by atoms with Crippen LogP contribution in [-0.2, 0) is 4.79 Å². The number of H-pyrrole nitrogens is 1. The third kappa shape index (κ3) is 4.58. The van der Waals surface area contributed by atoms with Gasteiger partial charge in [0.05, 0.1) is 22.4 Å². The van der Waals surface area contributed by atoms with Gasteiger partial charge in [-0.25, -0.2) is 9.97 Å². The zero-order valence-corrected chi connectivity index (χ0v) is 19.3. The van der Waals surface area contributed by atoms with Gasteiger partial charge >= 0.3 is 0 Å². The van der Waals surface area contributed by atoms with E-state index in [1.54, 1.807) is 12.4 Å². The van der Waals surface area contributed by atoms with Crippen molar-refractivity contribution in [2.24, 2.45) is 4.99 Å². The summed E-state index contributed by atoms with van der Waals surface area (Å²) >= 11 is 0. The van der Waals surface area contributed by atoms with Crippen LogP contribution in [0.1, 0.15) is 45.8 Å². The Morgan fingerprint density at radius 3 is 2.85 bits per heavy atom. The standard InChI is InChI=1S/C26H30N6O.H2/c1-4-18(15-27-6-3)24-23-21(16-29-25(23)31-17-30-24)19-10-11-28-22(14-19)20(5-2)26(33)32-12-8-7-9-13-32;/h4-5,10-11,14-17,28H,2,6-9,12-13H2,1,3H3,(H,29,30,31);1H/b18-4+,22-20+,27-15?;. The Morgan fingerprint density at radius 1 is 1.30 bits per heavy atom. The van der Waals surface area contributed by atoms with Crippen LogP contribution in [0.5, 0.6) is 0 Å². The number of nitrogens with one attached hydrogen (secondary N) is 2. The van der Waals surface area contributed by atoms with E-state index in [2.05, 4.69) is 31.8 Å². The highest BCUT2D eigenvalue weighted by Gasteiger charge is 2.22. The van der Waals surface area contributed by atoms with Crippen molar-refractivity contribution in [2.45, 2.75) is 33.1 Å². The molecule has 7 nitrogen and oxygen atoms in total. The average Bonchev–Trinajstić information content (AvgIpc) is 3.30. The van der Waals surface area contributed by atoms with Gasteiger partial charge in [-0.1, -0.05) is 18.7 Å². The fourth-order valence-corrected chi connectivity index (χ4v) is 4.24. The third-order valence-electron chi connectivity index (χ3n) is 5.95. The van der Waals surface area contributed by atoms with Gasteiger partial charge in [0.25, 0.3) is 5.91 Å². The van der Waals surface area contributed by atoms with Gasteiger partial charge in [-0.2, -0.15) is 0 Å². The highest BCUT2D eigenvalue weighted by Crippen LogP contribution is 2.32. The Labute approximate surface area is 195 Å². The van der Waals surface area contributed by atoms with Crippen LogP contribution in [0.3, 0.4) is 0 Å². The molecule has 7 heteroatoms. The van der Waals surface area contributed by atoms with Gasteiger partial charge in [0.1, 0.15) is 12.0 Å². The molecule has 2 aromatic heterocycles. The molecule has 4 rings (SSSR count). The molecule has 1 saturated heterocycles. The second kappa shape index (κ2) is 10.3. The summed E-state index contributed by atoms with van der Waals surface area (Å²) in [7, 11) is 0.